The van der Waals surface area contributed by atoms with Crippen LogP contribution in [0, 0.1) is 0 Å². The van der Waals surface area contributed by atoms with Crippen LogP contribution >= 0.6 is 35.0 Å². The Bertz CT molecular complexity index is 1320. The number of benzene rings is 3. The number of amides is 2. The lowest BCUT2D eigenvalue weighted by Gasteiger charge is -2.32. The van der Waals surface area contributed by atoms with Gasteiger partial charge in [-0.1, -0.05) is 53.2 Å². The van der Waals surface area contributed by atoms with Crippen molar-refractivity contribution in [3.8, 4) is 11.5 Å². The first kappa shape index (κ1) is 26.9. The number of nitrogens with one attached hydrogen (secondary N) is 1. The highest BCUT2D eigenvalue weighted by Crippen LogP contribution is 2.32. The van der Waals surface area contributed by atoms with E-state index in [9.17, 15) is 9.59 Å². The minimum absolute atomic E-state index is 0.0343. The number of amidine groups is 1. The van der Waals surface area contributed by atoms with Gasteiger partial charge in [0.1, 0.15) is 5.25 Å². The Labute approximate surface area is 229 Å². The lowest BCUT2D eigenvalue weighted by atomic mass is 10.1. The molecule has 1 unspecified atom stereocenters. The Morgan fingerprint density at radius 3 is 2.49 bits per heavy atom. The monoisotopic (exact) mass is 557 g/mol. The van der Waals surface area contributed by atoms with Gasteiger partial charge in [0.05, 0.1) is 30.6 Å². The maximum atomic E-state index is 13.3. The topological polar surface area (TPSA) is 80.2 Å². The maximum Gasteiger partial charge on any atom is 0.238 e. The summed E-state index contributed by atoms with van der Waals surface area (Å²) in [6.07, 6.45) is 0.593. The minimum atomic E-state index is -0.660. The summed E-state index contributed by atoms with van der Waals surface area (Å²) >= 11 is 13.5. The average Bonchev–Trinajstić information content (AvgIpc) is 2.90. The molecule has 192 valence electrons. The van der Waals surface area contributed by atoms with Crippen LogP contribution < -0.4 is 14.8 Å². The second-order valence-electron chi connectivity index (χ2n) is 8.14. The van der Waals surface area contributed by atoms with Crippen molar-refractivity contribution in [2.75, 3.05) is 26.1 Å². The van der Waals surface area contributed by atoms with Crippen molar-refractivity contribution in [3.63, 3.8) is 0 Å². The van der Waals surface area contributed by atoms with Crippen molar-refractivity contribution in [1.82, 2.24) is 4.90 Å². The number of methoxy groups -OCH3 is 2. The highest BCUT2D eigenvalue weighted by Gasteiger charge is 2.36. The fourth-order valence-electron chi connectivity index (χ4n) is 3.74. The van der Waals surface area contributed by atoms with Gasteiger partial charge in [0.15, 0.2) is 16.7 Å². The van der Waals surface area contributed by atoms with Crippen LogP contribution in [0.2, 0.25) is 10.0 Å². The molecule has 4 rings (SSSR count). The summed E-state index contributed by atoms with van der Waals surface area (Å²) in [5.74, 6) is 0.750. The van der Waals surface area contributed by atoms with E-state index < -0.39 is 5.25 Å². The number of rotatable bonds is 8. The van der Waals surface area contributed by atoms with Gasteiger partial charge in [-0.25, -0.2) is 4.99 Å². The molecule has 0 aromatic heterocycles. The van der Waals surface area contributed by atoms with Crippen molar-refractivity contribution in [3.05, 3.63) is 82.3 Å². The molecule has 10 heteroatoms. The Hall–Kier alpha value is -3.20. The van der Waals surface area contributed by atoms with Crippen LogP contribution in [0.4, 0.5) is 11.4 Å². The normalized spacial score (nSPS) is 16.5. The van der Waals surface area contributed by atoms with Crippen molar-refractivity contribution < 1.29 is 19.1 Å². The fraction of sp³-hybridized carbons (Fsp3) is 0.222. The number of thioether (sulfide) groups is 1. The summed E-state index contributed by atoms with van der Waals surface area (Å²) in [5, 5.41) is 3.62. The van der Waals surface area contributed by atoms with E-state index in [2.05, 4.69) is 5.32 Å². The SMILES string of the molecule is COc1ccc(CCN2C(=O)CC(C(=O)Nc3ccccc3Cl)SC2=Nc2ccc(Cl)cc2)cc1OC. The fourth-order valence-corrected chi connectivity index (χ4v) is 5.17. The number of hydrogen-bond donors (Lipinski definition) is 1. The van der Waals surface area contributed by atoms with Gasteiger partial charge in [0, 0.05) is 18.0 Å². The van der Waals surface area contributed by atoms with Crippen molar-refractivity contribution in [1.29, 1.82) is 0 Å². The van der Waals surface area contributed by atoms with Crippen molar-refractivity contribution in [2.24, 2.45) is 4.99 Å². The quantitative estimate of drug-likeness (QED) is 0.356. The third-order valence-corrected chi connectivity index (χ3v) is 7.46. The minimum Gasteiger partial charge on any atom is -0.493 e. The third-order valence-electron chi connectivity index (χ3n) is 5.69. The zero-order valence-corrected chi connectivity index (χ0v) is 22.6. The largest absolute Gasteiger partial charge is 0.493 e. The molecule has 1 N–H and O–H groups in total. The Morgan fingerprint density at radius 1 is 1.05 bits per heavy atom. The van der Waals surface area contributed by atoms with E-state index in [4.69, 9.17) is 37.7 Å². The van der Waals surface area contributed by atoms with E-state index in [1.165, 1.54) is 11.8 Å². The summed E-state index contributed by atoms with van der Waals surface area (Å²) < 4.78 is 10.7. The highest BCUT2D eigenvalue weighted by atomic mass is 35.5. The molecule has 1 heterocycles. The first-order valence-electron chi connectivity index (χ1n) is 11.5. The number of carbonyl (C=O) groups is 2. The first-order valence-corrected chi connectivity index (χ1v) is 13.1. The van der Waals surface area contributed by atoms with Crippen LogP contribution in [0.1, 0.15) is 12.0 Å². The van der Waals surface area contributed by atoms with Crippen molar-refractivity contribution >= 4 is 63.3 Å². The molecule has 0 saturated carbocycles. The first-order chi connectivity index (χ1) is 17.9. The Morgan fingerprint density at radius 2 is 1.78 bits per heavy atom. The summed E-state index contributed by atoms with van der Waals surface area (Å²) in [6, 6.07) is 19.6. The number of hydrogen-bond acceptors (Lipinski definition) is 6. The molecule has 3 aromatic carbocycles. The molecule has 0 radical (unpaired) electrons. The van der Waals surface area contributed by atoms with Crippen LogP contribution in [0.15, 0.2) is 71.7 Å². The van der Waals surface area contributed by atoms with E-state index in [0.717, 1.165) is 5.56 Å². The molecule has 2 amide bonds. The van der Waals surface area contributed by atoms with E-state index in [1.807, 2.05) is 18.2 Å². The maximum absolute atomic E-state index is 13.3. The third kappa shape index (κ3) is 6.77. The van der Waals surface area contributed by atoms with Gasteiger partial charge in [0.2, 0.25) is 11.8 Å². The molecule has 0 bridgehead atoms. The Kier molecular flexibility index (Phi) is 8.97. The van der Waals surface area contributed by atoms with Gasteiger partial charge in [-0.2, -0.15) is 0 Å². The average molecular weight is 558 g/mol. The molecule has 1 fully saturated rings. The Balaban J connectivity index is 1.56. The summed E-state index contributed by atoms with van der Waals surface area (Å²) in [5.41, 5.74) is 2.09. The smallest absolute Gasteiger partial charge is 0.238 e. The second kappa shape index (κ2) is 12.4. The van der Waals surface area contributed by atoms with Crippen LogP contribution in [-0.2, 0) is 16.0 Å². The molecule has 0 spiro atoms. The van der Waals surface area contributed by atoms with Gasteiger partial charge in [-0.15, -0.1) is 0 Å². The van der Waals surface area contributed by atoms with Gasteiger partial charge < -0.3 is 14.8 Å². The number of nitrogens with zero attached hydrogens (tertiary/aromatic N) is 2. The van der Waals surface area contributed by atoms with Gasteiger partial charge >= 0.3 is 0 Å². The summed E-state index contributed by atoms with van der Waals surface area (Å²) in [7, 11) is 3.16. The van der Waals surface area contributed by atoms with Crippen LogP contribution in [0.3, 0.4) is 0 Å². The predicted octanol–water partition coefficient (Wildman–Crippen LogP) is 6.21. The van der Waals surface area contributed by atoms with E-state index >= 15 is 0 Å². The lowest BCUT2D eigenvalue weighted by Crippen LogP contribution is -2.46. The molecule has 1 saturated heterocycles. The molecule has 7 nitrogen and oxygen atoms in total. The second-order valence-corrected chi connectivity index (χ2v) is 10.1. The number of halogens is 2. The van der Waals surface area contributed by atoms with E-state index in [1.54, 1.807) is 67.7 Å². The lowest BCUT2D eigenvalue weighted by molar-refractivity contribution is -0.129. The number of aliphatic imine (C=N–C) groups is 1. The summed E-state index contributed by atoms with van der Waals surface area (Å²) in [4.78, 5) is 32.7. The number of para-hydroxylation sites is 1. The molecular weight excluding hydrogens is 533 g/mol. The number of ether oxygens (including phenoxy) is 2. The number of carbonyl (C=O) groups excluding carboxylic acids is 2. The molecule has 1 atom stereocenters. The van der Waals surface area contributed by atoms with Crippen LogP contribution in [0.5, 0.6) is 11.5 Å². The number of anilines is 1. The van der Waals surface area contributed by atoms with Crippen LogP contribution in [-0.4, -0.2) is 47.9 Å². The zero-order valence-electron chi connectivity index (χ0n) is 20.2. The molecule has 0 aliphatic carbocycles. The van der Waals surface area contributed by atoms with E-state index in [0.29, 0.717) is 51.1 Å². The molecule has 37 heavy (non-hydrogen) atoms. The zero-order chi connectivity index (χ0) is 26.4. The molecule has 3 aromatic rings. The van der Waals surface area contributed by atoms with Gasteiger partial charge in [-0.3, -0.25) is 14.5 Å². The summed E-state index contributed by atoms with van der Waals surface area (Å²) in [6.45, 7) is 0.382. The van der Waals surface area contributed by atoms with Crippen LogP contribution in [0.25, 0.3) is 0 Å². The van der Waals surface area contributed by atoms with E-state index in [-0.39, 0.29) is 18.2 Å². The standard InChI is InChI=1S/C27H25Cl2N3O4S/c1-35-22-12-7-17(15-23(22)36-2)13-14-32-25(33)16-24(26(34)31-21-6-4-3-5-20(21)29)37-27(32)30-19-10-8-18(28)9-11-19/h3-12,15,24H,13-14,16H2,1-2H3,(H,31,34). The molecule has 1 aliphatic rings. The molecule has 1 aliphatic heterocycles. The molecular formula is C27H25Cl2N3O4S. The van der Waals surface area contributed by atoms with Gasteiger partial charge in [0.25, 0.3) is 0 Å². The van der Waals surface area contributed by atoms with Crippen molar-refractivity contribution in [2.45, 2.75) is 18.1 Å². The predicted molar refractivity (Wildman–Crippen MR) is 150 cm³/mol. The van der Waals surface area contributed by atoms with Gasteiger partial charge in [-0.05, 0) is 60.5 Å². The highest BCUT2D eigenvalue weighted by molar-refractivity contribution is 8.15.